The number of hydrogen-bond donors (Lipinski definition) is 2. The molecule has 0 aliphatic rings. The molecular formula is C26H32F3N5O4Si2. The average molecular weight is 592 g/mol. The minimum Gasteiger partial charge on any atom is -0.400 e. The smallest absolute Gasteiger partial charge is 0.400 e. The van der Waals surface area contributed by atoms with E-state index in [0.717, 1.165) is 12.1 Å². The summed E-state index contributed by atoms with van der Waals surface area (Å²) in [4.78, 5) is 26.8. The molecule has 2 amide bonds. The van der Waals surface area contributed by atoms with Gasteiger partial charge in [-0.1, -0.05) is 33.9 Å². The number of anilines is 1. The lowest BCUT2D eigenvalue weighted by Crippen LogP contribution is -2.56. The van der Waals surface area contributed by atoms with Gasteiger partial charge in [0.25, 0.3) is 11.8 Å². The van der Waals surface area contributed by atoms with Crippen LogP contribution < -0.4 is 11.2 Å². The first-order valence-corrected chi connectivity index (χ1v) is 16.4. The highest BCUT2D eigenvalue weighted by atomic mass is 28.2. The highest BCUT2D eigenvalue weighted by molar-refractivity contribution is 6.26. The van der Waals surface area contributed by atoms with Gasteiger partial charge in [-0.3, -0.25) is 9.59 Å². The molecule has 2 rings (SSSR count). The number of nitrogens with zero attached hydrogens (tertiary/aromatic N) is 3. The molecule has 0 aliphatic carbocycles. The van der Waals surface area contributed by atoms with Crippen molar-refractivity contribution in [2.45, 2.75) is 52.4 Å². The Morgan fingerprint density at radius 1 is 1.02 bits per heavy atom. The fourth-order valence-corrected chi connectivity index (χ4v) is 5.90. The molecule has 0 saturated carbocycles. The molecule has 0 heterocycles. The number of halogens is 3. The number of nitriles is 2. The van der Waals surface area contributed by atoms with E-state index < -0.39 is 72.3 Å². The zero-order chi connectivity index (χ0) is 30.3. The Hall–Kier alpha value is -3.54. The molecule has 0 spiro atoms. The van der Waals surface area contributed by atoms with Crippen LogP contribution in [0.4, 0.5) is 18.9 Å². The lowest BCUT2D eigenvalue weighted by molar-refractivity contribution is -0.138. The van der Waals surface area contributed by atoms with Gasteiger partial charge < -0.3 is 14.2 Å². The van der Waals surface area contributed by atoms with Gasteiger partial charge in [-0.25, -0.2) is 10.9 Å². The Morgan fingerprint density at radius 3 is 2.08 bits per heavy atom. The summed E-state index contributed by atoms with van der Waals surface area (Å²) in [6.45, 7) is 9.15. The van der Waals surface area contributed by atoms with Crippen LogP contribution in [-0.4, -0.2) is 48.7 Å². The van der Waals surface area contributed by atoms with Crippen molar-refractivity contribution in [3.8, 4) is 12.1 Å². The molecular weight excluding hydrogens is 559 g/mol. The molecule has 0 bridgehead atoms. The van der Waals surface area contributed by atoms with Crippen molar-refractivity contribution < 1.29 is 31.6 Å². The number of hydrogen-bond acceptors (Lipinski definition) is 8. The standard InChI is InChI=1S/C26H32F3N5O4Si2/c1-15(25(2,3)24(37-39-4)38-40-5)21(33-19-11-10-18(14-31)20(12-19)26(27,28)29)23(36)34(32)22(35)17-8-6-16(13-30)7-9-17/h6-12,15,21,24,33H,32,39-40H2,1-5H3. The molecule has 40 heavy (non-hydrogen) atoms. The molecule has 0 fully saturated rings. The summed E-state index contributed by atoms with van der Waals surface area (Å²) >= 11 is 0. The van der Waals surface area contributed by atoms with Crippen LogP contribution in [0.15, 0.2) is 42.5 Å². The van der Waals surface area contributed by atoms with Gasteiger partial charge in [0.1, 0.15) is 12.3 Å². The third kappa shape index (κ3) is 7.56. The fourth-order valence-electron chi connectivity index (χ4n) is 4.05. The summed E-state index contributed by atoms with van der Waals surface area (Å²) in [5.74, 6) is 3.53. The number of nitrogens with two attached hydrogens (primary N) is 1. The highest BCUT2D eigenvalue weighted by Crippen LogP contribution is 2.38. The molecule has 14 heteroatoms. The van der Waals surface area contributed by atoms with Crippen molar-refractivity contribution >= 4 is 37.0 Å². The van der Waals surface area contributed by atoms with E-state index in [2.05, 4.69) is 5.32 Å². The first-order valence-electron chi connectivity index (χ1n) is 12.5. The SMILES string of the molecule is C[SiH2]OC(O[SiH2]C)C(C)(C)C(C)C(Nc1ccc(C#N)c(C(F)(F)F)c1)C(=O)N(N)C(=O)c1ccc(C#N)cc1. The zero-order valence-corrected chi connectivity index (χ0v) is 25.7. The lowest BCUT2D eigenvalue weighted by Gasteiger charge is -2.43. The van der Waals surface area contributed by atoms with Gasteiger partial charge in [0.05, 0.1) is 28.8 Å². The van der Waals surface area contributed by atoms with E-state index >= 15 is 0 Å². The second-order valence-corrected chi connectivity index (χ2v) is 11.4. The number of imide groups is 1. The van der Waals surface area contributed by atoms with Crippen LogP contribution in [-0.2, 0) is 19.8 Å². The predicted octanol–water partition coefficient (Wildman–Crippen LogP) is 3.06. The van der Waals surface area contributed by atoms with Crippen LogP contribution in [0.2, 0.25) is 13.1 Å². The topological polar surface area (TPSA) is 141 Å². The Kier molecular flexibility index (Phi) is 11.2. The lowest BCUT2D eigenvalue weighted by atomic mass is 9.74. The Labute approximate surface area is 235 Å². The van der Waals surface area contributed by atoms with Crippen molar-refractivity contribution in [3.05, 3.63) is 64.7 Å². The largest absolute Gasteiger partial charge is 0.417 e. The normalized spacial score (nSPS) is 14.5. The first-order chi connectivity index (χ1) is 18.7. The van der Waals surface area contributed by atoms with E-state index in [9.17, 15) is 22.8 Å². The van der Waals surface area contributed by atoms with Gasteiger partial charge >= 0.3 is 6.18 Å². The Bertz CT molecular complexity index is 1290. The highest BCUT2D eigenvalue weighted by Gasteiger charge is 2.44. The van der Waals surface area contributed by atoms with Crippen LogP contribution >= 0.6 is 0 Å². The van der Waals surface area contributed by atoms with E-state index in [1.807, 2.05) is 33.0 Å². The van der Waals surface area contributed by atoms with E-state index in [1.54, 1.807) is 6.92 Å². The van der Waals surface area contributed by atoms with Gasteiger partial charge in [0.2, 0.25) is 0 Å². The van der Waals surface area contributed by atoms with Crippen LogP contribution in [0.5, 0.6) is 0 Å². The molecule has 0 aromatic heterocycles. The van der Waals surface area contributed by atoms with Crippen LogP contribution in [0.3, 0.4) is 0 Å². The maximum Gasteiger partial charge on any atom is 0.417 e. The minimum atomic E-state index is -4.82. The molecule has 3 N–H and O–H groups in total. The molecule has 0 radical (unpaired) electrons. The van der Waals surface area contributed by atoms with Crippen molar-refractivity contribution in [1.82, 2.24) is 5.01 Å². The molecule has 2 atom stereocenters. The van der Waals surface area contributed by atoms with Gasteiger partial charge in [-0.2, -0.15) is 23.7 Å². The third-order valence-electron chi connectivity index (χ3n) is 6.67. The molecule has 214 valence electrons. The number of carbonyl (C=O) groups excluding carboxylic acids is 2. The van der Waals surface area contributed by atoms with Gasteiger partial charge in [0.15, 0.2) is 19.5 Å². The average Bonchev–Trinajstić information content (AvgIpc) is 2.93. The summed E-state index contributed by atoms with van der Waals surface area (Å²) in [5.41, 5.74) is -2.36. The molecule has 9 nitrogen and oxygen atoms in total. The first kappa shape index (κ1) is 32.7. The van der Waals surface area contributed by atoms with E-state index in [4.69, 9.17) is 25.2 Å². The van der Waals surface area contributed by atoms with Crippen LogP contribution in [0.1, 0.15) is 47.8 Å². The van der Waals surface area contributed by atoms with Crippen molar-refractivity contribution in [3.63, 3.8) is 0 Å². The maximum absolute atomic E-state index is 13.7. The summed E-state index contributed by atoms with van der Waals surface area (Å²) in [5, 5.41) is 21.4. The molecule has 0 saturated heterocycles. The number of carbonyl (C=O) groups is 2. The second-order valence-electron chi connectivity index (χ2n) is 9.55. The van der Waals surface area contributed by atoms with Crippen molar-refractivity contribution in [2.75, 3.05) is 5.32 Å². The molecule has 2 aromatic carbocycles. The molecule has 2 aromatic rings. The van der Waals surface area contributed by atoms with Crippen molar-refractivity contribution in [2.24, 2.45) is 17.2 Å². The van der Waals surface area contributed by atoms with Gasteiger partial charge in [0, 0.05) is 16.7 Å². The molecule has 2 unspecified atom stereocenters. The number of amides is 2. The maximum atomic E-state index is 13.7. The van der Waals surface area contributed by atoms with Crippen LogP contribution in [0.25, 0.3) is 0 Å². The van der Waals surface area contributed by atoms with E-state index in [1.165, 1.54) is 36.4 Å². The van der Waals surface area contributed by atoms with Gasteiger partial charge in [-0.05, 0) is 48.4 Å². The number of rotatable bonds is 11. The number of nitrogens with one attached hydrogen (secondary N) is 1. The quantitative estimate of drug-likeness (QED) is 0.134. The van der Waals surface area contributed by atoms with E-state index in [-0.39, 0.29) is 11.3 Å². The molecule has 0 aliphatic heterocycles. The second kappa shape index (κ2) is 13.7. The summed E-state index contributed by atoms with van der Waals surface area (Å²) in [6, 6.07) is 10.6. The minimum absolute atomic E-state index is 0.0387. The van der Waals surface area contributed by atoms with Crippen molar-refractivity contribution in [1.29, 1.82) is 10.5 Å². The Balaban J connectivity index is 2.56. The van der Waals surface area contributed by atoms with Gasteiger partial charge in [-0.15, -0.1) is 0 Å². The monoisotopic (exact) mass is 591 g/mol. The predicted molar refractivity (Wildman–Crippen MR) is 148 cm³/mol. The van der Waals surface area contributed by atoms with Crippen LogP contribution in [0, 0.1) is 34.0 Å². The third-order valence-corrected chi connectivity index (χ3v) is 7.94. The number of benzene rings is 2. The number of alkyl halides is 3. The van der Waals surface area contributed by atoms with E-state index in [0.29, 0.717) is 10.6 Å². The summed E-state index contributed by atoms with van der Waals surface area (Å²) < 4.78 is 52.8. The summed E-state index contributed by atoms with van der Waals surface area (Å²) in [6.07, 6.45) is -5.50. The zero-order valence-electron chi connectivity index (χ0n) is 22.9. The number of hydrazine groups is 1. The Morgan fingerprint density at radius 2 is 1.60 bits per heavy atom. The summed E-state index contributed by atoms with van der Waals surface area (Å²) in [7, 11) is -1.88. The fraction of sp³-hybridized carbons (Fsp3) is 0.385.